The van der Waals surface area contributed by atoms with E-state index in [-0.39, 0.29) is 12.5 Å². The van der Waals surface area contributed by atoms with E-state index in [0.29, 0.717) is 11.6 Å². The number of pyridine rings is 1. The maximum Gasteiger partial charge on any atom is 0.253 e. The van der Waals surface area contributed by atoms with Crippen molar-refractivity contribution in [3.63, 3.8) is 0 Å². The molecule has 1 fully saturated rings. The Morgan fingerprint density at radius 3 is 2.75 bits per heavy atom. The standard InChI is InChI=1S/C18H27N5O/c1-4-8-19-18(24)16-5-6-17(20-14-16)21-15(2)7-9-23-12-10-22(3)11-13-23/h1,5-6,14-15H,7-13H2,2-3H3,(H,19,24)(H,20,21). The molecule has 0 spiro atoms. The van der Waals surface area contributed by atoms with Crippen LogP contribution in [0.3, 0.4) is 0 Å². The second kappa shape index (κ2) is 9.26. The fourth-order valence-electron chi connectivity index (χ4n) is 2.62. The molecule has 2 N–H and O–H groups in total. The van der Waals surface area contributed by atoms with E-state index in [9.17, 15) is 4.79 Å². The minimum absolute atomic E-state index is 0.199. The third kappa shape index (κ3) is 5.84. The van der Waals surface area contributed by atoms with Crippen LogP contribution >= 0.6 is 0 Å². The predicted octanol–water partition coefficient (Wildman–Crippen LogP) is 0.883. The number of aromatic nitrogens is 1. The van der Waals surface area contributed by atoms with Gasteiger partial charge in [0, 0.05) is 45.0 Å². The molecule has 130 valence electrons. The van der Waals surface area contributed by atoms with Gasteiger partial charge in [0.05, 0.1) is 12.1 Å². The topological polar surface area (TPSA) is 60.5 Å². The van der Waals surface area contributed by atoms with Crippen LogP contribution in [0.1, 0.15) is 23.7 Å². The zero-order valence-electron chi connectivity index (χ0n) is 14.6. The van der Waals surface area contributed by atoms with Crippen LogP contribution in [0.15, 0.2) is 18.3 Å². The Morgan fingerprint density at radius 1 is 1.38 bits per heavy atom. The molecule has 1 aliphatic heterocycles. The lowest BCUT2D eigenvalue weighted by atomic mass is 10.2. The van der Waals surface area contributed by atoms with Gasteiger partial charge in [0.15, 0.2) is 0 Å². The molecular weight excluding hydrogens is 302 g/mol. The third-order valence-electron chi connectivity index (χ3n) is 4.25. The highest BCUT2D eigenvalue weighted by Crippen LogP contribution is 2.09. The van der Waals surface area contributed by atoms with Gasteiger partial charge in [0.2, 0.25) is 0 Å². The molecule has 0 radical (unpaired) electrons. The second-order valence-corrected chi connectivity index (χ2v) is 6.30. The molecule has 6 nitrogen and oxygen atoms in total. The zero-order valence-corrected chi connectivity index (χ0v) is 14.6. The summed E-state index contributed by atoms with van der Waals surface area (Å²) in [4.78, 5) is 20.9. The molecule has 0 bridgehead atoms. The van der Waals surface area contributed by atoms with Gasteiger partial charge in [-0.2, -0.15) is 0 Å². The van der Waals surface area contributed by atoms with Gasteiger partial charge in [-0.15, -0.1) is 6.42 Å². The van der Waals surface area contributed by atoms with Crippen molar-refractivity contribution >= 4 is 11.7 Å². The summed E-state index contributed by atoms with van der Waals surface area (Å²) in [7, 11) is 2.17. The maximum atomic E-state index is 11.8. The van der Waals surface area contributed by atoms with E-state index < -0.39 is 0 Å². The molecule has 1 aromatic rings. The molecule has 1 saturated heterocycles. The summed E-state index contributed by atoms with van der Waals surface area (Å²) >= 11 is 0. The Labute approximate surface area is 144 Å². The van der Waals surface area contributed by atoms with E-state index in [4.69, 9.17) is 6.42 Å². The van der Waals surface area contributed by atoms with Gasteiger partial charge in [0.1, 0.15) is 5.82 Å². The fourth-order valence-corrected chi connectivity index (χ4v) is 2.62. The SMILES string of the molecule is C#CCNC(=O)c1ccc(NC(C)CCN2CCN(C)CC2)nc1. The van der Waals surface area contributed by atoms with E-state index in [2.05, 4.69) is 45.3 Å². The molecule has 1 aromatic heterocycles. The predicted molar refractivity (Wildman–Crippen MR) is 97.0 cm³/mol. The Bertz CT molecular complexity index is 558. The Balaban J connectivity index is 1.74. The Kier molecular flexibility index (Phi) is 7.04. The largest absolute Gasteiger partial charge is 0.368 e. The summed E-state index contributed by atoms with van der Waals surface area (Å²) in [5.41, 5.74) is 0.515. The average Bonchev–Trinajstić information content (AvgIpc) is 2.60. The molecular formula is C18H27N5O. The number of hydrogen-bond donors (Lipinski definition) is 2. The van der Waals surface area contributed by atoms with Crippen molar-refractivity contribution < 1.29 is 4.79 Å². The van der Waals surface area contributed by atoms with Gasteiger partial charge in [-0.1, -0.05) is 5.92 Å². The van der Waals surface area contributed by atoms with Gasteiger partial charge in [-0.25, -0.2) is 4.98 Å². The monoisotopic (exact) mass is 329 g/mol. The second-order valence-electron chi connectivity index (χ2n) is 6.30. The number of nitrogens with zero attached hydrogens (tertiary/aromatic N) is 3. The highest BCUT2D eigenvalue weighted by atomic mass is 16.1. The normalized spacial score (nSPS) is 17.0. The first kappa shape index (κ1) is 18.2. The summed E-state index contributed by atoms with van der Waals surface area (Å²) in [5.74, 6) is 2.97. The van der Waals surface area contributed by atoms with Crippen molar-refractivity contribution in [3.05, 3.63) is 23.9 Å². The smallest absolute Gasteiger partial charge is 0.253 e. The van der Waals surface area contributed by atoms with Gasteiger partial charge >= 0.3 is 0 Å². The average molecular weight is 329 g/mol. The number of rotatable bonds is 7. The molecule has 1 aliphatic rings. The summed E-state index contributed by atoms with van der Waals surface area (Å²) in [6, 6.07) is 3.92. The fraction of sp³-hybridized carbons (Fsp3) is 0.556. The van der Waals surface area contributed by atoms with Crippen molar-refractivity contribution in [3.8, 4) is 12.3 Å². The maximum absolute atomic E-state index is 11.8. The molecule has 0 aliphatic carbocycles. The van der Waals surface area contributed by atoms with E-state index >= 15 is 0 Å². The third-order valence-corrected chi connectivity index (χ3v) is 4.25. The number of carbonyl (C=O) groups is 1. The molecule has 1 unspecified atom stereocenters. The van der Waals surface area contributed by atoms with Crippen LogP contribution in [0, 0.1) is 12.3 Å². The van der Waals surface area contributed by atoms with Crippen molar-refractivity contribution in [2.24, 2.45) is 0 Å². The van der Waals surface area contributed by atoms with E-state index in [1.54, 1.807) is 12.3 Å². The van der Waals surface area contributed by atoms with Crippen molar-refractivity contribution in [1.82, 2.24) is 20.1 Å². The Hall–Kier alpha value is -2.10. The minimum atomic E-state index is -0.199. The van der Waals surface area contributed by atoms with Crippen molar-refractivity contribution in [2.75, 3.05) is 51.6 Å². The van der Waals surface area contributed by atoms with Gasteiger partial charge in [-0.3, -0.25) is 4.79 Å². The van der Waals surface area contributed by atoms with E-state index in [1.165, 1.54) is 0 Å². The first-order valence-corrected chi connectivity index (χ1v) is 8.43. The van der Waals surface area contributed by atoms with Crippen LogP contribution in [0.2, 0.25) is 0 Å². The van der Waals surface area contributed by atoms with Gasteiger partial charge in [-0.05, 0) is 32.5 Å². The summed E-state index contributed by atoms with van der Waals surface area (Å²) in [6.45, 7) is 8.05. The highest BCUT2D eigenvalue weighted by molar-refractivity contribution is 5.94. The van der Waals surface area contributed by atoms with E-state index in [1.807, 2.05) is 6.07 Å². The molecule has 1 atom stereocenters. The summed E-state index contributed by atoms with van der Waals surface area (Å²) in [6.07, 6.45) is 7.76. The Morgan fingerprint density at radius 2 is 2.12 bits per heavy atom. The first-order chi connectivity index (χ1) is 11.6. The van der Waals surface area contributed by atoms with Crippen LogP contribution in [0.25, 0.3) is 0 Å². The van der Waals surface area contributed by atoms with Crippen LogP contribution < -0.4 is 10.6 Å². The first-order valence-electron chi connectivity index (χ1n) is 8.43. The number of nitrogens with one attached hydrogen (secondary N) is 2. The number of piperazine rings is 1. The lowest BCUT2D eigenvalue weighted by Crippen LogP contribution is -2.45. The summed E-state index contributed by atoms with van der Waals surface area (Å²) < 4.78 is 0. The lowest BCUT2D eigenvalue weighted by Gasteiger charge is -2.33. The molecule has 0 saturated carbocycles. The minimum Gasteiger partial charge on any atom is -0.368 e. The van der Waals surface area contributed by atoms with Crippen LogP contribution in [0.4, 0.5) is 5.82 Å². The number of likely N-dealkylation sites (N-methyl/N-ethyl adjacent to an activating group) is 1. The zero-order chi connectivity index (χ0) is 17.4. The summed E-state index contributed by atoms with van der Waals surface area (Å²) in [5, 5.41) is 6.01. The molecule has 24 heavy (non-hydrogen) atoms. The van der Waals surface area contributed by atoms with Crippen molar-refractivity contribution in [1.29, 1.82) is 0 Å². The van der Waals surface area contributed by atoms with Crippen molar-refractivity contribution in [2.45, 2.75) is 19.4 Å². The number of amides is 1. The molecule has 6 heteroatoms. The molecule has 2 rings (SSSR count). The lowest BCUT2D eigenvalue weighted by molar-refractivity contribution is 0.0958. The van der Waals surface area contributed by atoms with Gasteiger partial charge < -0.3 is 20.4 Å². The number of carbonyl (C=O) groups excluding carboxylic acids is 1. The molecule has 0 aromatic carbocycles. The molecule has 1 amide bonds. The number of terminal acetylenes is 1. The van der Waals surface area contributed by atoms with E-state index in [0.717, 1.165) is 45.0 Å². The van der Waals surface area contributed by atoms with Gasteiger partial charge in [0.25, 0.3) is 5.91 Å². The van der Waals surface area contributed by atoms with Crippen LogP contribution in [-0.4, -0.2) is 73.0 Å². The van der Waals surface area contributed by atoms with Crippen LogP contribution in [0.5, 0.6) is 0 Å². The highest BCUT2D eigenvalue weighted by Gasteiger charge is 2.14. The molecule has 2 heterocycles. The number of anilines is 1. The quantitative estimate of drug-likeness (QED) is 0.728. The van der Waals surface area contributed by atoms with Crippen LogP contribution in [-0.2, 0) is 0 Å². The number of hydrogen-bond acceptors (Lipinski definition) is 5.